The van der Waals surface area contributed by atoms with Crippen molar-refractivity contribution < 1.29 is 4.79 Å². The van der Waals surface area contributed by atoms with Crippen molar-refractivity contribution in [2.75, 3.05) is 16.8 Å². The first-order valence-electron chi connectivity index (χ1n) is 6.82. The molecule has 0 saturated heterocycles. The van der Waals surface area contributed by atoms with Crippen molar-refractivity contribution in [1.29, 1.82) is 0 Å². The third kappa shape index (κ3) is 4.53. The fourth-order valence-electron chi connectivity index (χ4n) is 1.90. The smallest absolute Gasteiger partial charge is 0.224 e. The molecule has 3 N–H and O–H groups in total. The van der Waals surface area contributed by atoms with E-state index in [4.69, 9.17) is 5.73 Å². The van der Waals surface area contributed by atoms with Gasteiger partial charge in [0.2, 0.25) is 5.91 Å². The molecular weight excluding hydrogens is 284 g/mol. The van der Waals surface area contributed by atoms with E-state index in [9.17, 15) is 4.79 Å². The third-order valence-corrected chi connectivity index (χ3v) is 4.18. The summed E-state index contributed by atoms with van der Waals surface area (Å²) in [7, 11) is 1.89. The summed E-state index contributed by atoms with van der Waals surface area (Å²) >= 11 is 1.71. The summed E-state index contributed by atoms with van der Waals surface area (Å²) in [6.07, 6.45) is 5.13. The number of nitrogens with one attached hydrogen (secondary N) is 1. The maximum absolute atomic E-state index is 11.9. The van der Waals surface area contributed by atoms with Crippen LogP contribution in [-0.2, 0) is 11.8 Å². The van der Waals surface area contributed by atoms with Crippen LogP contribution < -0.4 is 11.1 Å². The summed E-state index contributed by atoms with van der Waals surface area (Å²) in [5.74, 6) is 0.921. The second kappa shape index (κ2) is 7.17. The number of carbonyl (C=O) groups excluding carboxylic acids is 1. The largest absolute Gasteiger partial charge is 0.398 e. The number of aryl methyl sites for hydroxylation is 1. The topological polar surface area (TPSA) is 72.9 Å². The Morgan fingerprint density at radius 3 is 3.00 bits per heavy atom. The molecule has 0 radical (unpaired) electrons. The monoisotopic (exact) mass is 304 g/mol. The quantitative estimate of drug-likeness (QED) is 0.489. The number of hydrogen-bond donors (Lipinski definition) is 2. The Labute approximate surface area is 128 Å². The zero-order valence-electron chi connectivity index (χ0n) is 12.3. The third-order valence-electron chi connectivity index (χ3n) is 3.15. The van der Waals surface area contributed by atoms with Gasteiger partial charge >= 0.3 is 0 Å². The fourth-order valence-corrected chi connectivity index (χ4v) is 2.77. The molecule has 0 saturated carbocycles. The number of nitrogens with two attached hydrogens (primary N) is 1. The number of hydrogen-bond acceptors (Lipinski definition) is 4. The van der Waals surface area contributed by atoms with Crippen LogP contribution in [-0.4, -0.2) is 21.4 Å². The molecule has 1 amide bonds. The number of carbonyl (C=O) groups is 1. The Balaban J connectivity index is 1.73. The van der Waals surface area contributed by atoms with Gasteiger partial charge in [0.15, 0.2) is 0 Å². The van der Waals surface area contributed by atoms with Gasteiger partial charge in [0, 0.05) is 35.9 Å². The van der Waals surface area contributed by atoms with Gasteiger partial charge in [-0.2, -0.15) is 5.10 Å². The van der Waals surface area contributed by atoms with E-state index in [1.165, 1.54) is 0 Å². The standard InChI is InChI=1S/C15H20N4OS/c1-11-13(16)5-3-6-14(11)18-15(20)7-4-8-21-12-9-17-19(2)10-12/h3,5-6,9-10H,4,7-8,16H2,1-2H3,(H,18,20). The first kappa shape index (κ1) is 15.4. The number of nitrogen functional groups attached to an aromatic ring is 1. The number of rotatable bonds is 6. The molecule has 1 heterocycles. The van der Waals surface area contributed by atoms with Crippen LogP contribution in [0.1, 0.15) is 18.4 Å². The molecule has 0 aliphatic rings. The zero-order valence-corrected chi connectivity index (χ0v) is 13.1. The molecule has 0 spiro atoms. The minimum absolute atomic E-state index is 0.0236. The lowest BCUT2D eigenvalue weighted by molar-refractivity contribution is -0.116. The Morgan fingerprint density at radius 2 is 2.29 bits per heavy atom. The van der Waals surface area contributed by atoms with Gasteiger partial charge in [-0.05, 0) is 36.8 Å². The molecule has 112 valence electrons. The van der Waals surface area contributed by atoms with Crippen LogP contribution in [0.15, 0.2) is 35.5 Å². The van der Waals surface area contributed by atoms with Gasteiger partial charge in [-0.15, -0.1) is 11.8 Å². The van der Waals surface area contributed by atoms with Crippen molar-refractivity contribution in [1.82, 2.24) is 9.78 Å². The lowest BCUT2D eigenvalue weighted by Crippen LogP contribution is -2.12. The van der Waals surface area contributed by atoms with Gasteiger partial charge in [0.1, 0.15) is 0 Å². The van der Waals surface area contributed by atoms with E-state index in [-0.39, 0.29) is 5.91 Å². The number of amides is 1. The van der Waals surface area contributed by atoms with Crippen molar-refractivity contribution in [3.8, 4) is 0 Å². The molecule has 0 atom stereocenters. The van der Waals surface area contributed by atoms with Crippen molar-refractivity contribution in [2.45, 2.75) is 24.7 Å². The summed E-state index contributed by atoms with van der Waals surface area (Å²) in [6.45, 7) is 1.91. The molecule has 1 aromatic carbocycles. The highest BCUT2D eigenvalue weighted by molar-refractivity contribution is 7.99. The normalized spacial score (nSPS) is 10.6. The van der Waals surface area contributed by atoms with Crippen LogP contribution in [0.2, 0.25) is 0 Å². The van der Waals surface area contributed by atoms with Gasteiger partial charge in [0.25, 0.3) is 0 Å². The minimum Gasteiger partial charge on any atom is -0.398 e. The van der Waals surface area contributed by atoms with E-state index >= 15 is 0 Å². The zero-order chi connectivity index (χ0) is 15.2. The highest BCUT2D eigenvalue weighted by atomic mass is 32.2. The van der Waals surface area contributed by atoms with Gasteiger partial charge in [-0.1, -0.05) is 6.07 Å². The van der Waals surface area contributed by atoms with Crippen molar-refractivity contribution in [2.24, 2.45) is 7.05 Å². The molecule has 1 aromatic heterocycles. The lowest BCUT2D eigenvalue weighted by Gasteiger charge is -2.09. The molecule has 0 aliphatic heterocycles. The molecule has 2 rings (SSSR count). The summed E-state index contributed by atoms with van der Waals surface area (Å²) in [5.41, 5.74) is 8.22. The van der Waals surface area contributed by atoms with E-state index in [1.54, 1.807) is 16.4 Å². The second-order valence-electron chi connectivity index (χ2n) is 4.87. The summed E-state index contributed by atoms with van der Waals surface area (Å²) < 4.78 is 1.78. The molecule has 5 nitrogen and oxygen atoms in total. The molecule has 2 aromatic rings. The van der Waals surface area contributed by atoms with E-state index < -0.39 is 0 Å². The average Bonchev–Trinajstić information content (AvgIpc) is 2.86. The van der Waals surface area contributed by atoms with Crippen molar-refractivity contribution in [3.05, 3.63) is 36.2 Å². The van der Waals surface area contributed by atoms with E-state index in [0.717, 1.165) is 28.3 Å². The Morgan fingerprint density at radius 1 is 1.48 bits per heavy atom. The Hall–Kier alpha value is -1.95. The maximum atomic E-state index is 11.9. The lowest BCUT2D eigenvalue weighted by atomic mass is 10.1. The molecule has 6 heteroatoms. The first-order valence-corrected chi connectivity index (χ1v) is 7.81. The average molecular weight is 304 g/mol. The predicted octanol–water partition coefficient (Wildman–Crippen LogP) is 2.82. The molecule has 0 unspecified atom stereocenters. The number of anilines is 2. The van der Waals surface area contributed by atoms with E-state index in [1.807, 2.05) is 44.6 Å². The fraction of sp³-hybridized carbons (Fsp3) is 0.333. The number of aromatic nitrogens is 2. The van der Waals surface area contributed by atoms with Gasteiger partial charge in [-0.25, -0.2) is 0 Å². The maximum Gasteiger partial charge on any atom is 0.224 e. The van der Waals surface area contributed by atoms with Gasteiger partial charge < -0.3 is 11.1 Å². The van der Waals surface area contributed by atoms with Crippen LogP contribution in [0.3, 0.4) is 0 Å². The molecule has 21 heavy (non-hydrogen) atoms. The van der Waals surface area contributed by atoms with Crippen LogP contribution >= 0.6 is 11.8 Å². The Kier molecular flexibility index (Phi) is 5.27. The molecule has 0 aliphatic carbocycles. The first-order chi connectivity index (χ1) is 10.1. The number of nitrogens with zero attached hydrogens (tertiary/aromatic N) is 2. The minimum atomic E-state index is 0.0236. The highest BCUT2D eigenvalue weighted by Gasteiger charge is 2.06. The number of benzene rings is 1. The molecule has 0 fully saturated rings. The molecule has 0 bridgehead atoms. The van der Waals surface area contributed by atoms with Crippen LogP contribution in [0.25, 0.3) is 0 Å². The second-order valence-corrected chi connectivity index (χ2v) is 6.04. The summed E-state index contributed by atoms with van der Waals surface area (Å²) in [4.78, 5) is 13.0. The summed E-state index contributed by atoms with van der Waals surface area (Å²) in [6, 6.07) is 5.54. The summed E-state index contributed by atoms with van der Waals surface area (Å²) in [5, 5.41) is 7.02. The van der Waals surface area contributed by atoms with Crippen molar-refractivity contribution >= 4 is 29.0 Å². The van der Waals surface area contributed by atoms with Gasteiger partial charge in [-0.3, -0.25) is 9.48 Å². The van der Waals surface area contributed by atoms with Crippen LogP contribution in [0.4, 0.5) is 11.4 Å². The SMILES string of the molecule is Cc1c(N)cccc1NC(=O)CCCSc1cnn(C)c1. The number of thioether (sulfide) groups is 1. The molecular formula is C15H20N4OS. The van der Waals surface area contributed by atoms with Crippen LogP contribution in [0, 0.1) is 6.92 Å². The van der Waals surface area contributed by atoms with E-state index in [2.05, 4.69) is 10.4 Å². The Bertz CT molecular complexity index is 624. The van der Waals surface area contributed by atoms with Crippen molar-refractivity contribution in [3.63, 3.8) is 0 Å². The van der Waals surface area contributed by atoms with Crippen LogP contribution in [0.5, 0.6) is 0 Å². The van der Waals surface area contributed by atoms with E-state index in [0.29, 0.717) is 12.1 Å². The predicted molar refractivity (Wildman–Crippen MR) is 87.4 cm³/mol. The highest BCUT2D eigenvalue weighted by Crippen LogP contribution is 2.21. The van der Waals surface area contributed by atoms with Gasteiger partial charge in [0.05, 0.1) is 6.20 Å².